The summed E-state index contributed by atoms with van der Waals surface area (Å²) in [6.07, 6.45) is 0. The van der Waals surface area contributed by atoms with Gasteiger partial charge in [0.15, 0.2) is 0 Å². The molecule has 0 radical (unpaired) electrons. The Hall–Kier alpha value is -2.43. The first-order valence-electron chi connectivity index (χ1n) is 7.64. The molecule has 27 heavy (non-hydrogen) atoms. The summed E-state index contributed by atoms with van der Waals surface area (Å²) in [5.74, 6) is -0.562. The van der Waals surface area contributed by atoms with E-state index in [1.165, 1.54) is 18.2 Å². The molecule has 0 atom stereocenters. The number of aryl methyl sites for hydroxylation is 1. The van der Waals surface area contributed by atoms with Gasteiger partial charge in [-0.1, -0.05) is 12.1 Å². The third kappa shape index (κ3) is 4.46. The SMILES string of the molecule is Cc1ccc(S(=O)(=O)Nc2ccccc2NS(=O)(=O)c2ccc(F)cc2)s1. The summed E-state index contributed by atoms with van der Waals surface area (Å²) in [4.78, 5) is 0.691. The van der Waals surface area contributed by atoms with Crippen molar-refractivity contribution in [2.24, 2.45) is 0 Å². The lowest BCUT2D eigenvalue weighted by atomic mass is 10.3. The minimum atomic E-state index is -4.02. The van der Waals surface area contributed by atoms with Gasteiger partial charge in [0, 0.05) is 4.88 Å². The zero-order valence-electron chi connectivity index (χ0n) is 14.0. The van der Waals surface area contributed by atoms with Gasteiger partial charge in [-0.15, -0.1) is 11.3 Å². The summed E-state index contributed by atoms with van der Waals surface area (Å²) < 4.78 is 67.9. The van der Waals surface area contributed by atoms with Gasteiger partial charge in [-0.2, -0.15) is 0 Å². The highest BCUT2D eigenvalue weighted by Crippen LogP contribution is 2.29. The quantitative estimate of drug-likeness (QED) is 0.627. The molecule has 6 nitrogen and oxygen atoms in total. The van der Waals surface area contributed by atoms with Gasteiger partial charge in [0.25, 0.3) is 20.0 Å². The normalized spacial score (nSPS) is 11.9. The van der Waals surface area contributed by atoms with E-state index in [9.17, 15) is 21.2 Å². The van der Waals surface area contributed by atoms with Crippen LogP contribution in [-0.4, -0.2) is 16.8 Å². The molecule has 0 fully saturated rings. The third-order valence-corrected chi connectivity index (χ3v) is 7.76. The Morgan fingerprint density at radius 3 is 1.85 bits per heavy atom. The minimum absolute atomic E-state index is 0.0543. The number of benzene rings is 2. The van der Waals surface area contributed by atoms with Crippen molar-refractivity contribution in [2.45, 2.75) is 16.0 Å². The van der Waals surface area contributed by atoms with Gasteiger partial charge in [-0.25, -0.2) is 21.2 Å². The molecule has 142 valence electrons. The van der Waals surface area contributed by atoms with Crippen LogP contribution in [0.2, 0.25) is 0 Å². The molecule has 1 aromatic heterocycles. The maximum absolute atomic E-state index is 13.0. The van der Waals surface area contributed by atoms with Gasteiger partial charge in [0.1, 0.15) is 10.0 Å². The number of rotatable bonds is 6. The van der Waals surface area contributed by atoms with E-state index in [1.807, 2.05) is 0 Å². The maximum Gasteiger partial charge on any atom is 0.271 e. The van der Waals surface area contributed by atoms with E-state index in [0.717, 1.165) is 40.5 Å². The highest BCUT2D eigenvalue weighted by molar-refractivity contribution is 7.94. The monoisotopic (exact) mass is 426 g/mol. The highest BCUT2D eigenvalue weighted by atomic mass is 32.2. The minimum Gasteiger partial charge on any atom is -0.277 e. The first-order chi connectivity index (χ1) is 12.7. The first kappa shape index (κ1) is 19.3. The van der Waals surface area contributed by atoms with E-state index in [0.29, 0.717) is 0 Å². The molecule has 2 N–H and O–H groups in total. The Bertz CT molecular complexity index is 1170. The molecule has 0 unspecified atom stereocenters. The number of hydrogen-bond donors (Lipinski definition) is 2. The zero-order chi connectivity index (χ0) is 19.7. The van der Waals surface area contributed by atoms with Crippen LogP contribution in [0.5, 0.6) is 0 Å². The summed E-state index contributed by atoms with van der Waals surface area (Å²) in [7, 11) is -7.87. The fourth-order valence-electron chi connectivity index (χ4n) is 2.23. The molecule has 0 saturated heterocycles. The number of nitrogens with one attached hydrogen (secondary N) is 2. The standard InChI is InChI=1S/C17H15FN2O4S3/c1-12-6-11-17(25-12)27(23,24)20-16-5-3-2-4-15(16)19-26(21,22)14-9-7-13(18)8-10-14/h2-11,19-20H,1H3. The average Bonchev–Trinajstić information content (AvgIpc) is 3.04. The molecule has 0 saturated carbocycles. The molecule has 3 aromatic rings. The van der Waals surface area contributed by atoms with Crippen molar-refractivity contribution in [3.05, 3.63) is 71.4 Å². The second-order valence-corrected chi connectivity index (χ2v) is 10.5. The summed E-state index contributed by atoms with van der Waals surface area (Å²) in [6.45, 7) is 1.79. The van der Waals surface area contributed by atoms with E-state index in [2.05, 4.69) is 9.44 Å². The summed E-state index contributed by atoms with van der Waals surface area (Å²) >= 11 is 1.11. The van der Waals surface area contributed by atoms with Gasteiger partial charge >= 0.3 is 0 Å². The molecule has 0 aliphatic heterocycles. The lowest BCUT2D eigenvalue weighted by Gasteiger charge is -2.14. The molecule has 0 spiro atoms. The molecular formula is C17H15FN2O4S3. The number of thiophene rings is 1. The second-order valence-electron chi connectivity index (χ2n) is 5.58. The van der Waals surface area contributed by atoms with Crippen molar-refractivity contribution in [1.82, 2.24) is 0 Å². The van der Waals surface area contributed by atoms with Crippen LogP contribution in [0.1, 0.15) is 4.88 Å². The molecule has 0 amide bonds. The Morgan fingerprint density at radius 1 is 0.778 bits per heavy atom. The molecule has 0 aliphatic carbocycles. The molecule has 1 heterocycles. The van der Waals surface area contributed by atoms with E-state index in [-0.39, 0.29) is 20.5 Å². The number of halogens is 1. The number of anilines is 2. The third-order valence-electron chi connectivity index (χ3n) is 3.52. The Kier molecular flexibility index (Phi) is 5.22. The number of hydrogen-bond acceptors (Lipinski definition) is 5. The van der Waals surface area contributed by atoms with Crippen LogP contribution < -0.4 is 9.44 Å². The largest absolute Gasteiger partial charge is 0.277 e. The van der Waals surface area contributed by atoms with Crippen LogP contribution in [-0.2, 0) is 20.0 Å². The lowest BCUT2D eigenvalue weighted by molar-refractivity contribution is 0.598. The summed E-state index contributed by atoms with van der Waals surface area (Å²) in [5.41, 5.74) is 0.132. The average molecular weight is 427 g/mol. The summed E-state index contributed by atoms with van der Waals surface area (Å²) in [5, 5.41) is 0. The number of para-hydroxylation sites is 2. The van der Waals surface area contributed by atoms with E-state index in [1.54, 1.807) is 25.1 Å². The topological polar surface area (TPSA) is 92.3 Å². The van der Waals surface area contributed by atoms with E-state index < -0.39 is 25.9 Å². The molecule has 3 rings (SSSR count). The van der Waals surface area contributed by atoms with Gasteiger partial charge in [-0.05, 0) is 55.5 Å². The molecular weight excluding hydrogens is 411 g/mol. The van der Waals surface area contributed by atoms with Crippen LogP contribution >= 0.6 is 11.3 Å². The van der Waals surface area contributed by atoms with Crippen molar-refractivity contribution in [2.75, 3.05) is 9.44 Å². The van der Waals surface area contributed by atoms with Crippen LogP contribution in [0.4, 0.5) is 15.8 Å². The number of sulfonamides is 2. The van der Waals surface area contributed by atoms with Gasteiger partial charge in [0.2, 0.25) is 0 Å². The van der Waals surface area contributed by atoms with Crippen molar-refractivity contribution in [3.8, 4) is 0 Å². The zero-order valence-corrected chi connectivity index (χ0v) is 16.5. The fourth-order valence-corrected chi connectivity index (χ4v) is 5.67. The first-order valence-corrected chi connectivity index (χ1v) is 11.4. The van der Waals surface area contributed by atoms with Crippen LogP contribution in [0.15, 0.2) is 69.8 Å². The summed E-state index contributed by atoms with van der Waals surface area (Å²) in [6, 6.07) is 13.5. The molecule has 0 aliphatic rings. The van der Waals surface area contributed by atoms with Gasteiger partial charge in [-0.3, -0.25) is 9.44 Å². The Morgan fingerprint density at radius 2 is 1.33 bits per heavy atom. The Balaban J connectivity index is 1.91. The van der Waals surface area contributed by atoms with E-state index >= 15 is 0 Å². The predicted octanol–water partition coefficient (Wildman–Crippen LogP) is 3.80. The second kappa shape index (κ2) is 7.29. The maximum atomic E-state index is 13.0. The van der Waals surface area contributed by atoms with Crippen LogP contribution in [0.3, 0.4) is 0 Å². The smallest absolute Gasteiger partial charge is 0.271 e. The Labute approximate surface area is 160 Å². The highest BCUT2D eigenvalue weighted by Gasteiger charge is 2.20. The van der Waals surface area contributed by atoms with Crippen molar-refractivity contribution < 1.29 is 21.2 Å². The van der Waals surface area contributed by atoms with Gasteiger partial charge < -0.3 is 0 Å². The van der Waals surface area contributed by atoms with Crippen LogP contribution in [0, 0.1) is 12.7 Å². The van der Waals surface area contributed by atoms with Crippen LogP contribution in [0.25, 0.3) is 0 Å². The van der Waals surface area contributed by atoms with Crippen molar-refractivity contribution >= 4 is 42.8 Å². The fraction of sp³-hybridized carbons (Fsp3) is 0.0588. The molecule has 10 heteroatoms. The van der Waals surface area contributed by atoms with Crippen molar-refractivity contribution in [1.29, 1.82) is 0 Å². The van der Waals surface area contributed by atoms with E-state index in [4.69, 9.17) is 0 Å². The lowest BCUT2D eigenvalue weighted by Crippen LogP contribution is -2.17. The van der Waals surface area contributed by atoms with Gasteiger partial charge in [0.05, 0.1) is 16.3 Å². The van der Waals surface area contributed by atoms with Crippen molar-refractivity contribution in [3.63, 3.8) is 0 Å². The molecule has 0 bridgehead atoms. The molecule has 2 aromatic carbocycles. The predicted molar refractivity (Wildman–Crippen MR) is 104 cm³/mol.